The third-order valence-electron chi connectivity index (χ3n) is 2.56. The molecule has 3 rings (SSSR count). The second-order valence-corrected chi connectivity index (χ2v) is 3.64. The number of carbonyl (C=O) groups excluding carboxylic acids is 1. The highest BCUT2D eigenvalue weighted by Crippen LogP contribution is 2.32. The summed E-state index contributed by atoms with van der Waals surface area (Å²) in [7, 11) is 0. The van der Waals surface area contributed by atoms with Crippen molar-refractivity contribution in [3.8, 4) is 11.5 Å². The van der Waals surface area contributed by atoms with Crippen molar-refractivity contribution < 1.29 is 14.3 Å². The van der Waals surface area contributed by atoms with Gasteiger partial charge in [-0.25, -0.2) is 0 Å². The lowest BCUT2D eigenvalue weighted by Crippen LogP contribution is -2.01. The van der Waals surface area contributed by atoms with Crippen molar-refractivity contribution in [2.75, 3.05) is 6.79 Å². The number of ketones is 1. The Hall–Kier alpha value is -2.36. The van der Waals surface area contributed by atoms with E-state index in [-0.39, 0.29) is 12.6 Å². The SMILES string of the molecule is O=C(c1cccnc1)c1ccc2c(c1)OCO2. The maximum Gasteiger partial charge on any atom is 0.231 e. The molecule has 17 heavy (non-hydrogen) atoms. The number of pyridine rings is 1. The van der Waals surface area contributed by atoms with Crippen LogP contribution in [0.5, 0.6) is 11.5 Å². The Labute approximate surface area is 97.8 Å². The van der Waals surface area contributed by atoms with Crippen LogP contribution in [0.2, 0.25) is 0 Å². The number of carbonyl (C=O) groups is 1. The van der Waals surface area contributed by atoms with Crippen molar-refractivity contribution in [2.24, 2.45) is 0 Å². The van der Waals surface area contributed by atoms with Gasteiger partial charge in [-0.05, 0) is 30.3 Å². The van der Waals surface area contributed by atoms with E-state index in [1.54, 1.807) is 42.7 Å². The fourth-order valence-corrected chi connectivity index (χ4v) is 1.70. The van der Waals surface area contributed by atoms with Gasteiger partial charge in [-0.1, -0.05) is 0 Å². The van der Waals surface area contributed by atoms with E-state index in [1.165, 1.54) is 0 Å². The molecule has 0 radical (unpaired) electrons. The summed E-state index contributed by atoms with van der Waals surface area (Å²) in [6.45, 7) is 0.208. The van der Waals surface area contributed by atoms with Gasteiger partial charge in [-0.2, -0.15) is 0 Å². The van der Waals surface area contributed by atoms with Gasteiger partial charge >= 0.3 is 0 Å². The van der Waals surface area contributed by atoms with E-state index in [1.807, 2.05) is 0 Å². The summed E-state index contributed by atoms with van der Waals surface area (Å²) in [6, 6.07) is 8.63. The molecule has 2 aromatic rings. The molecule has 0 unspecified atom stereocenters. The topological polar surface area (TPSA) is 48.4 Å². The van der Waals surface area contributed by atoms with E-state index in [4.69, 9.17) is 9.47 Å². The Kier molecular flexibility index (Phi) is 2.26. The van der Waals surface area contributed by atoms with Crippen molar-refractivity contribution in [1.82, 2.24) is 4.98 Å². The number of hydrogen-bond acceptors (Lipinski definition) is 4. The van der Waals surface area contributed by atoms with Gasteiger partial charge in [0.05, 0.1) is 0 Å². The first-order chi connectivity index (χ1) is 8.34. The zero-order chi connectivity index (χ0) is 11.7. The van der Waals surface area contributed by atoms with E-state index in [0.717, 1.165) is 0 Å². The standard InChI is InChI=1S/C13H9NO3/c15-13(10-2-1-5-14-7-10)9-3-4-11-12(6-9)17-8-16-11/h1-7H,8H2. The quantitative estimate of drug-likeness (QED) is 0.736. The van der Waals surface area contributed by atoms with Gasteiger partial charge in [0.2, 0.25) is 6.79 Å². The summed E-state index contributed by atoms with van der Waals surface area (Å²) in [5, 5.41) is 0. The van der Waals surface area contributed by atoms with Crippen LogP contribution in [0.1, 0.15) is 15.9 Å². The minimum atomic E-state index is -0.0728. The van der Waals surface area contributed by atoms with Crippen LogP contribution in [0.15, 0.2) is 42.7 Å². The van der Waals surface area contributed by atoms with E-state index in [9.17, 15) is 4.79 Å². The number of fused-ring (bicyclic) bond motifs is 1. The summed E-state index contributed by atoms with van der Waals surface area (Å²) in [4.78, 5) is 16.0. The number of ether oxygens (including phenoxy) is 2. The van der Waals surface area contributed by atoms with Gasteiger partial charge < -0.3 is 9.47 Å². The molecule has 0 fully saturated rings. The molecule has 4 heteroatoms. The zero-order valence-corrected chi connectivity index (χ0v) is 8.92. The van der Waals surface area contributed by atoms with Crippen molar-refractivity contribution >= 4 is 5.78 Å². The number of rotatable bonds is 2. The maximum absolute atomic E-state index is 12.1. The van der Waals surface area contributed by atoms with Gasteiger partial charge in [-0.3, -0.25) is 9.78 Å². The number of benzene rings is 1. The van der Waals surface area contributed by atoms with E-state index >= 15 is 0 Å². The minimum Gasteiger partial charge on any atom is -0.454 e. The summed E-state index contributed by atoms with van der Waals surface area (Å²) in [6.07, 6.45) is 3.18. The van der Waals surface area contributed by atoms with Crippen LogP contribution in [0.25, 0.3) is 0 Å². The molecule has 0 spiro atoms. The smallest absolute Gasteiger partial charge is 0.231 e. The molecule has 0 N–H and O–H groups in total. The van der Waals surface area contributed by atoms with Crippen LogP contribution in [-0.4, -0.2) is 17.6 Å². The van der Waals surface area contributed by atoms with E-state index < -0.39 is 0 Å². The Morgan fingerprint density at radius 1 is 1.12 bits per heavy atom. The van der Waals surface area contributed by atoms with Gasteiger partial charge in [0.25, 0.3) is 0 Å². The summed E-state index contributed by atoms with van der Waals surface area (Å²) >= 11 is 0. The van der Waals surface area contributed by atoms with Crippen molar-refractivity contribution in [1.29, 1.82) is 0 Å². The Morgan fingerprint density at radius 2 is 2.00 bits per heavy atom. The molecule has 2 heterocycles. The Morgan fingerprint density at radius 3 is 2.82 bits per heavy atom. The molecule has 4 nitrogen and oxygen atoms in total. The van der Waals surface area contributed by atoms with Crippen LogP contribution in [0, 0.1) is 0 Å². The third kappa shape index (κ3) is 1.73. The van der Waals surface area contributed by atoms with Crippen molar-refractivity contribution in [3.05, 3.63) is 53.9 Å². The zero-order valence-electron chi connectivity index (χ0n) is 8.92. The Bertz CT molecular complexity index is 566. The molecule has 1 aliphatic rings. The number of hydrogen-bond donors (Lipinski definition) is 0. The van der Waals surface area contributed by atoms with E-state index in [2.05, 4.69) is 4.98 Å². The highest BCUT2D eigenvalue weighted by molar-refractivity contribution is 6.09. The van der Waals surface area contributed by atoms with Crippen LogP contribution in [0.4, 0.5) is 0 Å². The van der Waals surface area contributed by atoms with Gasteiger partial charge in [0, 0.05) is 23.5 Å². The average molecular weight is 227 g/mol. The van der Waals surface area contributed by atoms with Crippen LogP contribution >= 0.6 is 0 Å². The predicted octanol–water partition coefficient (Wildman–Crippen LogP) is 2.04. The average Bonchev–Trinajstić information content (AvgIpc) is 2.86. The molecule has 0 saturated heterocycles. The fourth-order valence-electron chi connectivity index (χ4n) is 1.70. The van der Waals surface area contributed by atoms with Crippen molar-refractivity contribution in [2.45, 2.75) is 0 Å². The molecule has 84 valence electrons. The lowest BCUT2D eigenvalue weighted by molar-refractivity contribution is 0.103. The highest BCUT2D eigenvalue weighted by Gasteiger charge is 2.16. The monoisotopic (exact) mass is 227 g/mol. The molecule has 0 bridgehead atoms. The minimum absolute atomic E-state index is 0.0728. The summed E-state index contributed by atoms with van der Waals surface area (Å²) in [5.74, 6) is 1.21. The van der Waals surface area contributed by atoms with Crippen LogP contribution in [-0.2, 0) is 0 Å². The third-order valence-corrected chi connectivity index (χ3v) is 2.56. The van der Waals surface area contributed by atoms with Crippen LogP contribution < -0.4 is 9.47 Å². The van der Waals surface area contributed by atoms with Crippen LogP contribution in [0.3, 0.4) is 0 Å². The summed E-state index contributed by atoms with van der Waals surface area (Å²) < 4.78 is 10.4. The summed E-state index contributed by atoms with van der Waals surface area (Å²) in [5.41, 5.74) is 1.13. The second-order valence-electron chi connectivity index (χ2n) is 3.64. The molecule has 0 amide bonds. The van der Waals surface area contributed by atoms with E-state index in [0.29, 0.717) is 22.6 Å². The van der Waals surface area contributed by atoms with Gasteiger partial charge in [-0.15, -0.1) is 0 Å². The first-order valence-corrected chi connectivity index (χ1v) is 5.19. The molecule has 1 aliphatic heterocycles. The van der Waals surface area contributed by atoms with Crippen molar-refractivity contribution in [3.63, 3.8) is 0 Å². The molecular formula is C13H9NO3. The highest BCUT2D eigenvalue weighted by atomic mass is 16.7. The molecular weight excluding hydrogens is 218 g/mol. The lowest BCUT2D eigenvalue weighted by Gasteiger charge is -2.02. The molecule has 0 atom stereocenters. The largest absolute Gasteiger partial charge is 0.454 e. The number of aromatic nitrogens is 1. The first kappa shape index (κ1) is 9.84. The van der Waals surface area contributed by atoms with Gasteiger partial charge in [0.1, 0.15) is 0 Å². The molecule has 1 aromatic carbocycles. The molecule has 0 aliphatic carbocycles. The maximum atomic E-state index is 12.1. The normalized spacial score (nSPS) is 12.5. The molecule has 0 saturated carbocycles. The molecule has 1 aromatic heterocycles. The lowest BCUT2D eigenvalue weighted by atomic mass is 10.0. The fraction of sp³-hybridized carbons (Fsp3) is 0.0769. The van der Waals surface area contributed by atoms with Gasteiger partial charge in [0.15, 0.2) is 17.3 Å². The predicted molar refractivity (Wildman–Crippen MR) is 60.2 cm³/mol. The second kappa shape index (κ2) is 3.90. The Balaban J connectivity index is 1.97. The first-order valence-electron chi connectivity index (χ1n) is 5.19. The number of nitrogens with zero attached hydrogens (tertiary/aromatic N) is 1.